The van der Waals surface area contributed by atoms with Gasteiger partial charge in [0.15, 0.2) is 0 Å². The molecule has 2 rings (SSSR count). The Hall–Kier alpha value is -1.17. The normalized spacial score (nSPS) is 20.2. The summed E-state index contributed by atoms with van der Waals surface area (Å²) in [6.45, 7) is 0. The van der Waals surface area contributed by atoms with E-state index in [1.807, 2.05) is 12.1 Å². The van der Waals surface area contributed by atoms with E-state index in [-0.39, 0.29) is 11.6 Å². The van der Waals surface area contributed by atoms with Gasteiger partial charge >= 0.3 is 0 Å². The van der Waals surface area contributed by atoms with Crippen molar-refractivity contribution in [3.63, 3.8) is 0 Å². The molecule has 1 heterocycles. The van der Waals surface area contributed by atoms with Crippen LogP contribution in [0.1, 0.15) is 44.1 Å². The van der Waals surface area contributed by atoms with Gasteiger partial charge in [0.2, 0.25) is 0 Å². The summed E-state index contributed by atoms with van der Waals surface area (Å²) in [5.41, 5.74) is 10.2. The molecule has 1 aliphatic carbocycles. The smallest absolute Gasteiger partial charge is 0.126 e. The third-order valence-electron chi connectivity index (χ3n) is 5.06. The summed E-state index contributed by atoms with van der Waals surface area (Å²) < 4.78 is 0. The van der Waals surface area contributed by atoms with E-state index in [2.05, 4.69) is 29.4 Å². The van der Waals surface area contributed by atoms with Crippen LogP contribution in [0.4, 0.5) is 5.82 Å². The summed E-state index contributed by atoms with van der Waals surface area (Å²) in [5, 5.41) is 0. The van der Waals surface area contributed by atoms with E-state index in [0.717, 1.165) is 12.0 Å². The number of pyridine rings is 1. The lowest BCUT2D eigenvalue weighted by Crippen LogP contribution is -2.61. The van der Waals surface area contributed by atoms with Crippen LogP contribution in [0.25, 0.3) is 0 Å². The molecule has 118 valence electrons. The van der Waals surface area contributed by atoms with Crippen LogP contribution in [-0.2, 0) is 6.42 Å². The Morgan fingerprint density at radius 2 is 1.95 bits per heavy atom. The molecule has 5 heteroatoms. The van der Waals surface area contributed by atoms with Gasteiger partial charge in [0, 0.05) is 17.8 Å². The van der Waals surface area contributed by atoms with Crippen molar-refractivity contribution in [1.82, 2.24) is 15.3 Å². The van der Waals surface area contributed by atoms with Crippen LogP contribution in [0.15, 0.2) is 18.3 Å². The van der Waals surface area contributed by atoms with Crippen LogP contribution >= 0.6 is 0 Å². The van der Waals surface area contributed by atoms with Gasteiger partial charge < -0.3 is 10.6 Å². The quantitative estimate of drug-likeness (QED) is 0.437. The predicted octanol–water partition coefficient (Wildman–Crippen LogP) is 1.69. The first-order valence-corrected chi connectivity index (χ1v) is 7.93. The summed E-state index contributed by atoms with van der Waals surface area (Å²) >= 11 is 0. The minimum absolute atomic E-state index is 0.0908. The van der Waals surface area contributed by atoms with Crippen LogP contribution < -0.4 is 17.0 Å². The van der Waals surface area contributed by atoms with E-state index >= 15 is 0 Å². The lowest BCUT2D eigenvalue weighted by atomic mass is 9.79. The molecule has 1 aliphatic rings. The Morgan fingerprint density at radius 1 is 1.29 bits per heavy atom. The Morgan fingerprint density at radius 3 is 2.48 bits per heavy atom. The van der Waals surface area contributed by atoms with Gasteiger partial charge in [-0.25, -0.2) is 4.98 Å². The summed E-state index contributed by atoms with van der Waals surface area (Å²) in [6.07, 6.45) is 10.1. The van der Waals surface area contributed by atoms with Gasteiger partial charge in [0.25, 0.3) is 0 Å². The van der Waals surface area contributed by atoms with Gasteiger partial charge in [-0.2, -0.15) is 0 Å². The summed E-state index contributed by atoms with van der Waals surface area (Å²) in [6, 6.07) is 4.17. The average Bonchev–Trinajstić information content (AvgIpc) is 2.73. The second-order valence-corrected chi connectivity index (χ2v) is 6.38. The monoisotopic (exact) mass is 291 g/mol. The highest BCUT2D eigenvalue weighted by Gasteiger charge is 2.40. The second kappa shape index (κ2) is 7.20. The van der Waals surface area contributed by atoms with Crippen LogP contribution in [0.3, 0.4) is 0 Å². The molecule has 1 saturated carbocycles. The van der Waals surface area contributed by atoms with Crippen molar-refractivity contribution in [2.45, 2.75) is 56.5 Å². The molecule has 21 heavy (non-hydrogen) atoms. The Bertz CT molecular complexity index is 438. The molecule has 1 aromatic rings. The molecule has 1 atom stereocenters. The number of likely N-dealkylation sites (N-methyl/N-ethyl adjacent to an activating group) is 1. The van der Waals surface area contributed by atoms with E-state index in [4.69, 9.17) is 11.6 Å². The number of nitrogens with one attached hydrogen (secondary N) is 1. The molecule has 0 saturated heterocycles. The van der Waals surface area contributed by atoms with Gasteiger partial charge in [-0.1, -0.05) is 31.7 Å². The minimum Gasteiger partial charge on any atom is -0.383 e. The second-order valence-electron chi connectivity index (χ2n) is 6.38. The first kappa shape index (κ1) is 16.2. The lowest BCUT2D eigenvalue weighted by Gasteiger charge is -2.45. The maximum Gasteiger partial charge on any atom is 0.126 e. The first-order valence-electron chi connectivity index (χ1n) is 7.93. The molecule has 1 unspecified atom stereocenters. The van der Waals surface area contributed by atoms with Crippen molar-refractivity contribution in [2.24, 2.45) is 5.84 Å². The number of nitrogen functional groups attached to an aromatic ring is 1. The van der Waals surface area contributed by atoms with Crippen molar-refractivity contribution >= 4 is 5.82 Å². The van der Waals surface area contributed by atoms with E-state index in [0.29, 0.717) is 5.82 Å². The molecular weight excluding hydrogens is 262 g/mol. The number of hydrogen-bond acceptors (Lipinski definition) is 5. The Balaban J connectivity index is 2.25. The van der Waals surface area contributed by atoms with Crippen LogP contribution in [0, 0.1) is 0 Å². The molecule has 1 fully saturated rings. The van der Waals surface area contributed by atoms with E-state index in [1.54, 1.807) is 6.20 Å². The zero-order valence-corrected chi connectivity index (χ0v) is 13.3. The Kier molecular flexibility index (Phi) is 5.56. The zero-order valence-electron chi connectivity index (χ0n) is 13.3. The molecule has 0 aliphatic heterocycles. The number of hydrazine groups is 1. The van der Waals surface area contributed by atoms with Gasteiger partial charge in [-0.3, -0.25) is 11.3 Å². The van der Waals surface area contributed by atoms with Crippen molar-refractivity contribution in [1.29, 1.82) is 0 Å². The fourth-order valence-corrected chi connectivity index (χ4v) is 3.70. The molecule has 5 N–H and O–H groups in total. The number of nitrogens with zero attached hydrogens (tertiary/aromatic N) is 2. The molecule has 5 nitrogen and oxygen atoms in total. The number of aromatic nitrogens is 1. The third kappa shape index (κ3) is 3.54. The molecule has 0 bridgehead atoms. The third-order valence-corrected chi connectivity index (χ3v) is 5.06. The van der Waals surface area contributed by atoms with Crippen molar-refractivity contribution in [3.8, 4) is 0 Å². The van der Waals surface area contributed by atoms with Crippen molar-refractivity contribution in [3.05, 3.63) is 23.9 Å². The number of rotatable bonds is 5. The minimum atomic E-state index is 0.0908. The standard InChI is InChI=1S/C16H29N5/c1-21(2)16(9-5-3-4-6-10-16)14(20-18)12-13-8-7-11-19-15(13)17/h7-8,11,14,20H,3-6,9-10,12,18H2,1-2H3,(H2,17,19). The fourth-order valence-electron chi connectivity index (χ4n) is 3.70. The van der Waals surface area contributed by atoms with Crippen molar-refractivity contribution < 1.29 is 0 Å². The molecule has 0 aromatic carbocycles. The topological polar surface area (TPSA) is 80.2 Å². The summed E-state index contributed by atoms with van der Waals surface area (Å²) in [7, 11) is 4.34. The fraction of sp³-hybridized carbons (Fsp3) is 0.688. The highest BCUT2D eigenvalue weighted by Crippen LogP contribution is 2.35. The van der Waals surface area contributed by atoms with Crippen LogP contribution in [-0.4, -0.2) is 35.6 Å². The highest BCUT2D eigenvalue weighted by molar-refractivity contribution is 5.39. The van der Waals surface area contributed by atoms with Gasteiger partial charge in [0.05, 0.1) is 0 Å². The summed E-state index contributed by atoms with van der Waals surface area (Å²) in [5.74, 6) is 6.55. The van der Waals surface area contributed by atoms with Crippen molar-refractivity contribution in [2.75, 3.05) is 19.8 Å². The molecule has 1 aromatic heterocycles. The Labute approximate surface area is 128 Å². The van der Waals surface area contributed by atoms with E-state index in [1.165, 1.54) is 38.5 Å². The largest absolute Gasteiger partial charge is 0.383 e. The summed E-state index contributed by atoms with van der Waals surface area (Å²) in [4.78, 5) is 6.55. The van der Waals surface area contributed by atoms with E-state index in [9.17, 15) is 0 Å². The molecule has 0 amide bonds. The van der Waals surface area contributed by atoms with Gasteiger partial charge in [0.1, 0.15) is 5.82 Å². The van der Waals surface area contributed by atoms with Gasteiger partial charge in [-0.05, 0) is 45.0 Å². The maximum absolute atomic E-state index is 6.01. The van der Waals surface area contributed by atoms with Crippen LogP contribution in [0.2, 0.25) is 0 Å². The zero-order chi connectivity index (χ0) is 15.3. The SMILES string of the molecule is CN(C)C1(C(Cc2cccnc2N)NN)CCCCCC1. The van der Waals surface area contributed by atoms with Crippen LogP contribution in [0.5, 0.6) is 0 Å². The lowest BCUT2D eigenvalue weighted by molar-refractivity contribution is 0.0802. The number of hydrogen-bond donors (Lipinski definition) is 3. The first-order chi connectivity index (χ1) is 10.1. The van der Waals surface area contributed by atoms with Gasteiger partial charge in [-0.15, -0.1) is 0 Å². The predicted molar refractivity (Wildman–Crippen MR) is 87.6 cm³/mol. The molecule has 0 radical (unpaired) electrons. The number of nitrogens with two attached hydrogens (primary N) is 2. The van der Waals surface area contributed by atoms with E-state index < -0.39 is 0 Å². The molecule has 0 spiro atoms. The maximum atomic E-state index is 6.01. The average molecular weight is 291 g/mol. The highest BCUT2D eigenvalue weighted by atomic mass is 15.3. The number of anilines is 1. The molecular formula is C16H29N5.